The van der Waals surface area contributed by atoms with Crippen LogP contribution >= 0.6 is 0 Å². The van der Waals surface area contributed by atoms with Crippen molar-refractivity contribution in [2.24, 2.45) is 5.73 Å². The highest BCUT2D eigenvalue weighted by Crippen LogP contribution is 2.22. The van der Waals surface area contributed by atoms with Gasteiger partial charge in [-0.3, -0.25) is 0 Å². The number of aromatic nitrogens is 1. The van der Waals surface area contributed by atoms with E-state index in [2.05, 4.69) is 29.8 Å². The Hall–Kier alpha value is -1.09. The van der Waals surface area contributed by atoms with Gasteiger partial charge in [-0.25, -0.2) is 4.98 Å². The van der Waals surface area contributed by atoms with Crippen molar-refractivity contribution in [3.63, 3.8) is 0 Å². The molecule has 1 aromatic rings. The van der Waals surface area contributed by atoms with E-state index in [4.69, 9.17) is 5.73 Å². The van der Waals surface area contributed by atoms with E-state index in [-0.39, 0.29) is 0 Å². The molecule has 0 aliphatic carbocycles. The van der Waals surface area contributed by atoms with Crippen molar-refractivity contribution in [1.29, 1.82) is 0 Å². The van der Waals surface area contributed by atoms with Crippen LogP contribution in [0.25, 0.3) is 0 Å². The minimum absolute atomic E-state index is 0.362. The van der Waals surface area contributed by atoms with E-state index in [0.717, 1.165) is 25.2 Å². The summed E-state index contributed by atoms with van der Waals surface area (Å²) in [7, 11) is 0. The number of nitrogens with two attached hydrogens (primary N) is 1. The number of aryl methyl sites for hydroxylation is 1. The van der Waals surface area contributed by atoms with Gasteiger partial charge in [-0.2, -0.15) is 0 Å². The summed E-state index contributed by atoms with van der Waals surface area (Å²) in [6.45, 7) is 5.35. The number of nitrogens with zero attached hydrogens (tertiary/aromatic N) is 2. The normalized spacial score (nSPS) is 26.7. The second-order valence-electron chi connectivity index (χ2n) is 4.52. The molecular weight excluding hydrogens is 186 g/mol. The lowest BCUT2D eigenvalue weighted by Crippen LogP contribution is -2.46. The van der Waals surface area contributed by atoms with Gasteiger partial charge in [-0.05, 0) is 44.4 Å². The summed E-state index contributed by atoms with van der Waals surface area (Å²) in [6.07, 6.45) is 4.02. The number of hydrogen-bond donors (Lipinski definition) is 1. The Morgan fingerprint density at radius 2 is 2.33 bits per heavy atom. The lowest BCUT2D eigenvalue weighted by molar-refractivity contribution is 0.427. The Morgan fingerprint density at radius 3 is 3.00 bits per heavy atom. The van der Waals surface area contributed by atoms with Gasteiger partial charge in [0.05, 0.1) is 0 Å². The van der Waals surface area contributed by atoms with Crippen LogP contribution in [0, 0.1) is 6.92 Å². The van der Waals surface area contributed by atoms with Crippen LogP contribution in [0.3, 0.4) is 0 Å². The predicted octanol–water partition coefficient (Wildman–Crippen LogP) is 1.71. The zero-order valence-electron chi connectivity index (χ0n) is 9.48. The summed E-state index contributed by atoms with van der Waals surface area (Å²) >= 11 is 0. The fraction of sp³-hybridized carbons (Fsp3) is 0.583. The SMILES string of the molecule is Cc1ccnc(N2CCC(N)CC2C)c1. The second kappa shape index (κ2) is 4.19. The van der Waals surface area contributed by atoms with Crippen molar-refractivity contribution in [3.8, 4) is 0 Å². The first-order chi connectivity index (χ1) is 7.16. The first-order valence-corrected chi connectivity index (χ1v) is 5.61. The van der Waals surface area contributed by atoms with Crippen LogP contribution in [0.1, 0.15) is 25.3 Å². The smallest absolute Gasteiger partial charge is 0.128 e. The number of hydrogen-bond acceptors (Lipinski definition) is 3. The largest absolute Gasteiger partial charge is 0.354 e. The summed E-state index contributed by atoms with van der Waals surface area (Å²) in [5, 5.41) is 0. The van der Waals surface area contributed by atoms with Crippen LogP contribution in [0.15, 0.2) is 18.3 Å². The van der Waals surface area contributed by atoms with Gasteiger partial charge in [0.2, 0.25) is 0 Å². The molecule has 0 bridgehead atoms. The average Bonchev–Trinajstić information content (AvgIpc) is 2.17. The fourth-order valence-electron chi connectivity index (χ4n) is 2.23. The van der Waals surface area contributed by atoms with E-state index in [1.807, 2.05) is 12.3 Å². The number of rotatable bonds is 1. The van der Waals surface area contributed by atoms with Crippen molar-refractivity contribution >= 4 is 5.82 Å². The van der Waals surface area contributed by atoms with E-state index < -0.39 is 0 Å². The zero-order chi connectivity index (χ0) is 10.8. The Balaban J connectivity index is 2.17. The van der Waals surface area contributed by atoms with Crippen LogP contribution < -0.4 is 10.6 Å². The van der Waals surface area contributed by atoms with Gasteiger partial charge < -0.3 is 10.6 Å². The highest BCUT2D eigenvalue weighted by molar-refractivity contribution is 5.42. The van der Waals surface area contributed by atoms with Gasteiger partial charge in [0.15, 0.2) is 0 Å². The Kier molecular flexibility index (Phi) is 2.91. The molecule has 1 aliphatic rings. The summed E-state index contributed by atoms with van der Waals surface area (Å²) in [6, 6.07) is 5.04. The summed E-state index contributed by atoms with van der Waals surface area (Å²) in [5.74, 6) is 1.09. The quantitative estimate of drug-likeness (QED) is 0.759. The molecule has 1 saturated heterocycles. The molecule has 2 N–H and O–H groups in total. The molecule has 1 fully saturated rings. The third kappa shape index (κ3) is 2.29. The van der Waals surface area contributed by atoms with Gasteiger partial charge in [0.25, 0.3) is 0 Å². The molecule has 0 saturated carbocycles. The molecule has 0 spiro atoms. The third-order valence-electron chi connectivity index (χ3n) is 3.11. The number of piperidine rings is 1. The highest BCUT2D eigenvalue weighted by Gasteiger charge is 2.23. The molecule has 1 aliphatic heterocycles. The molecule has 0 radical (unpaired) electrons. The Labute approximate surface area is 91.3 Å². The minimum atomic E-state index is 0.362. The lowest BCUT2D eigenvalue weighted by atomic mass is 9.99. The molecule has 2 atom stereocenters. The zero-order valence-corrected chi connectivity index (χ0v) is 9.48. The van der Waals surface area contributed by atoms with Gasteiger partial charge in [-0.15, -0.1) is 0 Å². The topological polar surface area (TPSA) is 42.2 Å². The summed E-state index contributed by atoms with van der Waals surface area (Å²) in [4.78, 5) is 6.78. The van der Waals surface area contributed by atoms with Crippen LogP contribution in [0.2, 0.25) is 0 Å². The summed E-state index contributed by atoms with van der Waals surface area (Å²) < 4.78 is 0. The van der Waals surface area contributed by atoms with Gasteiger partial charge in [-0.1, -0.05) is 0 Å². The van der Waals surface area contributed by atoms with Crippen molar-refractivity contribution in [3.05, 3.63) is 23.9 Å². The lowest BCUT2D eigenvalue weighted by Gasteiger charge is -2.37. The second-order valence-corrected chi connectivity index (χ2v) is 4.52. The van der Waals surface area contributed by atoms with Crippen LogP contribution in [0.5, 0.6) is 0 Å². The van der Waals surface area contributed by atoms with E-state index in [1.165, 1.54) is 5.56 Å². The first kappa shape index (κ1) is 10.4. The summed E-state index contributed by atoms with van der Waals surface area (Å²) in [5.41, 5.74) is 7.21. The van der Waals surface area contributed by atoms with E-state index in [1.54, 1.807) is 0 Å². The fourth-order valence-corrected chi connectivity index (χ4v) is 2.23. The van der Waals surface area contributed by atoms with Crippen molar-refractivity contribution in [1.82, 2.24) is 4.98 Å². The molecule has 3 heteroatoms. The molecule has 2 unspecified atom stereocenters. The predicted molar refractivity (Wildman–Crippen MR) is 63.0 cm³/mol. The maximum atomic E-state index is 5.95. The van der Waals surface area contributed by atoms with Crippen molar-refractivity contribution in [2.45, 2.75) is 38.8 Å². The van der Waals surface area contributed by atoms with E-state index in [0.29, 0.717) is 12.1 Å². The third-order valence-corrected chi connectivity index (χ3v) is 3.11. The molecule has 2 heterocycles. The maximum absolute atomic E-state index is 5.95. The monoisotopic (exact) mass is 205 g/mol. The molecule has 0 amide bonds. The van der Waals surface area contributed by atoms with Crippen LogP contribution in [-0.4, -0.2) is 23.6 Å². The Morgan fingerprint density at radius 1 is 1.53 bits per heavy atom. The van der Waals surface area contributed by atoms with Crippen molar-refractivity contribution < 1.29 is 0 Å². The minimum Gasteiger partial charge on any atom is -0.354 e. The first-order valence-electron chi connectivity index (χ1n) is 5.61. The van der Waals surface area contributed by atoms with Gasteiger partial charge in [0, 0.05) is 24.8 Å². The maximum Gasteiger partial charge on any atom is 0.128 e. The van der Waals surface area contributed by atoms with E-state index >= 15 is 0 Å². The molecule has 0 aromatic carbocycles. The molecule has 2 rings (SSSR count). The van der Waals surface area contributed by atoms with Gasteiger partial charge in [0.1, 0.15) is 5.82 Å². The molecular formula is C12H19N3. The standard InChI is InChI=1S/C12H19N3/c1-9-3-5-14-12(7-9)15-6-4-11(13)8-10(15)2/h3,5,7,10-11H,4,6,8,13H2,1-2H3. The van der Waals surface area contributed by atoms with Crippen LogP contribution in [0.4, 0.5) is 5.82 Å². The van der Waals surface area contributed by atoms with Crippen molar-refractivity contribution in [2.75, 3.05) is 11.4 Å². The van der Waals surface area contributed by atoms with Gasteiger partial charge >= 0.3 is 0 Å². The molecule has 15 heavy (non-hydrogen) atoms. The van der Waals surface area contributed by atoms with Crippen LogP contribution in [-0.2, 0) is 0 Å². The average molecular weight is 205 g/mol. The molecule has 1 aromatic heterocycles. The molecule has 3 nitrogen and oxygen atoms in total. The van der Waals surface area contributed by atoms with E-state index in [9.17, 15) is 0 Å². The number of anilines is 1. The Bertz CT molecular complexity index is 337. The molecule has 82 valence electrons. The number of pyridine rings is 1. The highest BCUT2D eigenvalue weighted by atomic mass is 15.2.